The van der Waals surface area contributed by atoms with Gasteiger partial charge in [-0.15, -0.1) is 0 Å². The third-order valence-electron chi connectivity index (χ3n) is 4.42. The maximum Gasteiger partial charge on any atom is 0.237 e. The van der Waals surface area contributed by atoms with E-state index in [0.29, 0.717) is 5.02 Å². The standard InChI is InChI=1S/C20H16ClN3OS/c1-12-4-2-3-5-17(12)24-18(25)10-15(19(24)22)20-23-16(11-26-20)13-6-8-14(21)9-7-13/h2-9,11,22-23H,10H2,1H3/b20-15+,22-19?. The number of carbonyl (C=O) groups is 1. The molecule has 2 aliphatic heterocycles. The molecule has 0 bridgehead atoms. The summed E-state index contributed by atoms with van der Waals surface area (Å²) in [6, 6.07) is 15.2. The van der Waals surface area contributed by atoms with Crippen molar-refractivity contribution >= 4 is 46.5 Å². The average molecular weight is 382 g/mol. The van der Waals surface area contributed by atoms with Gasteiger partial charge in [-0.3, -0.25) is 15.1 Å². The van der Waals surface area contributed by atoms with E-state index in [1.54, 1.807) is 0 Å². The fourth-order valence-corrected chi connectivity index (χ4v) is 4.08. The molecule has 2 N–H and O–H groups in total. The average Bonchev–Trinajstić information content (AvgIpc) is 3.22. The zero-order valence-electron chi connectivity index (χ0n) is 14.0. The fourth-order valence-electron chi connectivity index (χ4n) is 3.05. The predicted octanol–water partition coefficient (Wildman–Crippen LogP) is 4.91. The first-order valence-electron chi connectivity index (χ1n) is 8.15. The van der Waals surface area contributed by atoms with Crippen molar-refractivity contribution < 1.29 is 4.79 Å². The lowest BCUT2D eigenvalue weighted by molar-refractivity contribution is -0.116. The minimum atomic E-state index is -0.0749. The molecule has 1 amide bonds. The molecular weight excluding hydrogens is 366 g/mol. The maximum absolute atomic E-state index is 12.6. The molecule has 4 nitrogen and oxygen atoms in total. The third-order valence-corrected chi connectivity index (χ3v) is 5.61. The van der Waals surface area contributed by atoms with Gasteiger partial charge in [-0.1, -0.05) is 53.7 Å². The van der Waals surface area contributed by atoms with E-state index in [0.717, 1.165) is 33.1 Å². The molecule has 0 unspecified atom stereocenters. The van der Waals surface area contributed by atoms with Gasteiger partial charge >= 0.3 is 0 Å². The zero-order valence-corrected chi connectivity index (χ0v) is 15.6. The van der Waals surface area contributed by atoms with Crippen LogP contribution >= 0.6 is 23.4 Å². The maximum atomic E-state index is 12.6. The van der Waals surface area contributed by atoms with E-state index < -0.39 is 0 Å². The smallest absolute Gasteiger partial charge is 0.237 e. The van der Waals surface area contributed by atoms with Crippen LogP contribution in [0.5, 0.6) is 0 Å². The van der Waals surface area contributed by atoms with E-state index in [9.17, 15) is 4.79 Å². The van der Waals surface area contributed by atoms with E-state index in [4.69, 9.17) is 17.0 Å². The van der Waals surface area contributed by atoms with Crippen LogP contribution in [0.2, 0.25) is 5.02 Å². The zero-order chi connectivity index (χ0) is 18.3. The van der Waals surface area contributed by atoms with Crippen molar-refractivity contribution in [2.24, 2.45) is 0 Å². The highest BCUT2D eigenvalue weighted by Gasteiger charge is 2.35. The Hall–Kier alpha value is -2.50. The van der Waals surface area contributed by atoms with E-state index in [1.165, 1.54) is 16.7 Å². The van der Waals surface area contributed by atoms with Crippen LogP contribution in [-0.4, -0.2) is 11.7 Å². The van der Waals surface area contributed by atoms with Crippen LogP contribution in [0.3, 0.4) is 0 Å². The largest absolute Gasteiger partial charge is 0.349 e. The highest BCUT2D eigenvalue weighted by Crippen LogP contribution is 2.37. The Labute approximate surface area is 161 Å². The topological polar surface area (TPSA) is 56.2 Å². The summed E-state index contributed by atoms with van der Waals surface area (Å²) >= 11 is 7.46. The van der Waals surface area contributed by atoms with Gasteiger partial charge in [0.05, 0.1) is 22.8 Å². The summed E-state index contributed by atoms with van der Waals surface area (Å²) in [6.07, 6.45) is 0.226. The predicted molar refractivity (Wildman–Crippen MR) is 108 cm³/mol. The number of anilines is 1. The number of carbonyl (C=O) groups excluding carboxylic acids is 1. The van der Waals surface area contributed by atoms with Crippen molar-refractivity contribution in [2.45, 2.75) is 13.3 Å². The molecule has 130 valence electrons. The first kappa shape index (κ1) is 16.9. The molecule has 4 rings (SSSR count). The molecule has 6 heteroatoms. The second-order valence-corrected chi connectivity index (χ2v) is 7.45. The number of aryl methyl sites for hydroxylation is 1. The van der Waals surface area contributed by atoms with Crippen LogP contribution in [0.25, 0.3) is 5.70 Å². The van der Waals surface area contributed by atoms with Gasteiger partial charge in [0.15, 0.2) is 0 Å². The molecule has 1 saturated heterocycles. The Morgan fingerprint density at radius 2 is 1.88 bits per heavy atom. The van der Waals surface area contributed by atoms with Gasteiger partial charge in [-0.25, -0.2) is 0 Å². The first-order chi connectivity index (χ1) is 12.5. The second-order valence-electron chi connectivity index (χ2n) is 6.13. The molecule has 0 radical (unpaired) electrons. The molecule has 2 heterocycles. The van der Waals surface area contributed by atoms with E-state index in [2.05, 4.69) is 5.32 Å². The molecule has 0 atom stereocenters. The lowest BCUT2D eigenvalue weighted by Gasteiger charge is -2.18. The Morgan fingerprint density at radius 1 is 1.15 bits per heavy atom. The van der Waals surface area contributed by atoms with Gasteiger partial charge in [0.2, 0.25) is 5.91 Å². The summed E-state index contributed by atoms with van der Waals surface area (Å²) in [5.74, 6) is 0.166. The molecule has 0 aliphatic carbocycles. The monoisotopic (exact) mass is 381 g/mol. The SMILES string of the molecule is Cc1ccccc1N1C(=N)/C(=C2\NC(c3ccc(Cl)cc3)=CS2)CC1=O. The first-order valence-corrected chi connectivity index (χ1v) is 9.41. The van der Waals surface area contributed by atoms with Gasteiger partial charge < -0.3 is 5.32 Å². The second kappa shape index (κ2) is 6.67. The van der Waals surface area contributed by atoms with Gasteiger partial charge in [-0.2, -0.15) is 0 Å². The summed E-state index contributed by atoms with van der Waals surface area (Å²) in [5.41, 5.74) is 4.44. The van der Waals surface area contributed by atoms with Crippen molar-refractivity contribution in [3.63, 3.8) is 0 Å². The Balaban J connectivity index is 1.61. The number of benzene rings is 2. The number of amidine groups is 1. The van der Waals surface area contributed by atoms with E-state index in [1.807, 2.05) is 60.9 Å². The minimum absolute atomic E-state index is 0.0749. The Morgan fingerprint density at radius 3 is 2.62 bits per heavy atom. The van der Waals surface area contributed by atoms with Crippen LogP contribution in [0.1, 0.15) is 17.5 Å². The number of hydrogen-bond acceptors (Lipinski definition) is 4. The van der Waals surface area contributed by atoms with E-state index in [-0.39, 0.29) is 18.2 Å². The summed E-state index contributed by atoms with van der Waals surface area (Å²) in [6.45, 7) is 1.95. The number of thioether (sulfide) groups is 1. The number of halogens is 1. The highest BCUT2D eigenvalue weighted by molar-refractivity contribution is 8.06. The molecular formula is C20H16ClN3OS. The number of nitrogens with zero attached hydrogens (tertiary/aromatic N) is 1. The number of para-hydroxylation sites is 1. The molecule has 2 aromatic carbocycles. The van der Waals surface area contributed by atoms with Crippen LogP contribution in [-0.2, 0) is 4.79 Å². The van der Waals surface area contributed by atoms with Gasteiger partial charge in [0.25, 0.3) is 0 Å². The van der Waals surface area contributed by atoms with Crippen molar-refractivity contribution in [3.8, 4) is 0 Å². The summed E-state index contributed by atoms with van der Waals surface area (Å²) in [4.78, 5) is 14.1. The third kappa shape index (κ3) is 2.93. The van der Waals surface area contributed by atoms with Crippen molar-refractivity contribution in [1.29, 1.82) is 5.41 Å². The Bertz CT molecular complexity index is 979. The fraction of sp³-hybridized carbons (Fsp3) is 0.100. The number of hydrogen-bond donors (Lipinski definition) is 2. The molecule has 1 fully saturated rings. The molecule has 2 aromatic rings. The minimum Gasteiger partial charge on any atom is -0.349 e. The van der Waals surface area contributed by atoms with Crippen LogP contribution in [0, 0.1) is 12.3 Å². The molecule has 2 aliphatic rings. The summed E-state index contributed by atoms with van der Waals surface area (Å²) in [7, 11) is 0. The Kier molecular flexibility index (Phi) is 4.34. The van der Waals surface area contributed by atoms with Crippen LogP contribution in [0.15, 0.2) is 64.5 Å². The lowest BCUT2D eigenvalue weighted by Crippen LogP contribution is -2.29. The summed E-state index contributed by atoms with van der Waals surface area (Å²) < 4.78 is 0. The number of amides is 1. The van der Waals surface area contributed by atoms with Crippen LogP contribution in [0.4, 0.5) is 5.69 Å². The quantitative estimate of drug-likeness (QED) is 0.777. The van der Waals surface area contributed by atoms with Crippen molar-refractivity contribution in [3.05, 3.63) is 80.7 Å². The molecule has 0 aromatic heterocycles. The number of rotatable bonds is 2. The molecule has 26 heavy (non-hydrogen) atoms. The van der Waals surface area contributed by atoms with E-state index >= 15 is 0 Å². The summed E-state index contributed by atoms with van der Waals surface area (Å²) in [5, 5.41) is 15.4. The van der Waals surface area contributed by atoms with Crippen LogP contribution < -0.4 is 10.2 Å². The van der Waals surface area contributed by atoms with Crippen molar-refractivity contribution in [1.82, 2.24) is 5.32 Å². The van der Waals surface area contributed by atoms with Gasteiger partial charge in [-0.05, 0) is 36.2 Å². The van der Waals surface area contributed by atoms with Crippen molar-refractivity contribution in [2.75, 3.05) is 4.90 Å². The van der Waals surface area contributed by atoms with Gasteiger partial charge in [0, 0.05) is 16.0 Å². The highest BCUT2D eigenvalue weighted by atomic mass is 35.5. The number of nitrogens with one attached hydrogen (secondary N) is 2. The normalized spacial score (nSPS) is 19.8. The lowest BCUT2D eigenvalue weighted by atomic mass is 10.1. The van der Waals surface area contributed by atoms with Gasteiger partial charge in [0.1, 0.15) is 5.84 Å². The molecule has 0 spiro atoms. The molecule has 0 saturated carbocycles.